The number of benzene rings is 1. The zero-order valence-electron chi connectivity index (χ0n) is 13.3. The van der Waals surface area contributed by atoms with Gasteiger partial charge in [0.1, 0.15) is 0 Å². The van der Waals surface area contributed by atoms with Crippen molar-refractivity contribution in [2.75, 3.05) is 0 Å². The van der Waals surface area contributed by atoms with E-state index in [9.17, 15) is 0 Å². The van der Waals surface area contributed by atoms with Gasteiger partial charge < -0.3 is 5.32 Å². The lowest BCUT2D eigenvalue weighted by atomic mass is 9.96. The molecule has 0 aromatic heterocycles. The van der Waals surface area contributed by atoms with Gasteiger partial charge >= 0.3 is 0 Å². The number of hydrogen-bond acceptors (Lipinski definition) is 1. The van der Waals surface area contributed by atoms with Crippen LogP contribution < -0.4 is 5.32 Å². The summed E-state index contributed by atoms with van der Waals surface area (Å²) in [7, 11) is 0. The van der Waals surface area contributed by atoms with E-state index >= 15 is 0 Å². The Bertz CT molecular complexity index is 403. The number of rotatable bonds is 5. The van der Waals surface area contributed by atoms with Crippen molar-refractivity contribution in [2.45, 2.75) is 60.0 Å². The minimum Gasteiger partial charge on any atom is -0.306 e. The molecule has 1 unspecified atom stereocenters. The predicted octanol–water partition coefficient (Wildman–Crippen LogP) is 4.80. The molecule has 1 atom stereocenters. The zero-order chi connectivity index (χ0) is 14.3. The standard InChI is InChI=1S/C18H29N/c1-13(2)12-15(14-10-8-7-9-11-14)19-16-17(3,4)18(16,5)6/h7-11,13,15-16,19H,12H2,1-6H3. The van der Waals surface area contributed by atoms with Crippen LogP contribution in [0, 0.1) is 16.7 Å². The summed E-state index contributed by atoms with van der Waals surface area (Å²) < 4.78 is 0. The van der Waals surface area contributed by atoms with E-state index in [0.717, 1.165) is 0 Å². The van der Waals surface area contributed by atoms with Gasteiger partial charge in [0.25, 0.3) is 0 Å². The highest BCUT2D eigenvalue weighted by Crippen LogP contribution is 2.63. The Morgan fingerprint density at radius 2 is 1.53 bits per heavy atom. The van der Waals surface area contributed by atoms with Crippen LogP contribution in [-0.4, -0.2) is 6.04 Å². The third-order valence-corrected chi connectivity index (χ3v) is 5.30. The maximum atomic E-state index is 3.92. The fourth-order valence-corrected chi connectivity index (χ4v) is 3.27. The minimum atomic E-state index is 0.400. The van der Waals surface area contributed by atoms with Gasteiger partial charge in [-0.1, -0.05) is 71.9 Å². The first kappa shape index (κ1) is 14.6. The molecule has 0 aliphatic heterocycles. The molecule has 0 bridgehead atoms. The van der Waals surface area contributed by atoms with Crippen molar-refractivity contribution in [2.24, 2.45) is 16.7 Å². The summed E-state index contributed by atoms with van der Waals surface area (Å²) in [5.41, 5.74) is 2.23. The molecular weight excluding hydrogens is 230 g/mol. The first-order valence-electron chi connectivity index (χ1n) is 7.58. The molecule has 1 aliphatic carbocycles. The predicted molar refractivity (Wildman–Crippen MR) is 83.1 cm³/mol. The average molecular weight is 259 g/mol. The lowest BCUT2D eigenvalue weighted by Crippen LogP contribution is -2.28. The van der Waals surface area contributed by atoms with E-state index in [4.69, 9.17) is 0 Å². The molecule has 0 spiro atoms. The molecule has 1 nitrogen and oxygen atoms in total. The Labute approximate surface area is 118 Å². The zero-order valence-corrected chi connectivity index (χ0v) is 13.3. The summed E-state index contributed by atoms with van der Waals surface area (Å²) in [5.74, 6) is 0.711. The maximum Gasteiger partial charge on any atom is 0.0325 e. The molecule has 0 radical (unpaired) electrons. The highest BCUT2D eigenvalue weighted by Gasteiger charge is 2.64. The van der Waals surface area contributed by atoms with E-state index in [1.165, 1.54) is 12.0 Å². The summed E-state index contributed by atoms with van der Waals surface area (Å²) in [5, 5.41) is 3.92. The van der Waals surface area contributed by atoms with Crippen LogP contribution >= 0.6 is 0 Å². The number of nitrogens with one attached hydrogen (secondary N) is 1. The van der Waals surface area contributed by atoms with Crippen molar-refractivity contribution in [1.82, 2.24) is 5.32 Å². The SMILES string of the molecule is CC(C)CC(NC1C(C)(C)C1(C)C)c1ccccc1. The van der Waals surface area contributed by atoms with Gasteiger partial charge in [-0.25, -0.2) is 0 Å². The van der Waals surface area contributed by atoms with Crippen molar-refractivity contribution in [3.8, 4) is 0 Å². The van der Waals surface area contributed by atoms with Crippen molar-refractivity contribution in [3.63, 3.8) is 0 Å². The van der Waals surface area contributed by atoms with E-state index in [2.05, 4.69) is 77.2 Å². The molecule has 106 valence electrons. The molecule has 1 fully saturated rings. The quantitative estimate of drug-likeness (QED) is 0.801. The van der Waals surface area contributed by atoms with Gasteiger partial charge in [-0.05, 0) is 28.7 Å². The Morgan fingerprint density at radius 3 is 1.95 bits per heavy atom. The van der Waals surface area contributed by atoms with Crippen LogP contribution in [0.25, 0.3) is 0 Å². The van der Waals surface area contributed by atoms with E-state index < -0.39 is 0 Å². The Balaban J connectivity index is 2.13. The molecule has 1 N–H and O–H groups in total. The molecular formula is C18H29N. The van der Waals surface area contributed by atoms with E-state index in [1.807, 2.05) is 0 Å². The van der Waals surface area contributed by atoms with Crippen LogP contribution in [-0.2, 0) is 0 Å². The molecule has 1 aromatic carbocycles. The lowest BCUT2D eigenvalue weighted by molar-refractivity contribution is 0.399. The monoisotopic (exact) mass is 259 g/mol. The van der Waals surface area contributed by atoms with Crippen LogP contribution in [0.15, 0.2) is 30.3 Å². The topological polar surface area (TPSA) is 12.0 Å². The average Bonchev–Trinajstić information content (AvgIpc) is 2.71. The van der Waals surface area contributed by atoms with Gasteiger partial charge in [0.15, 0.2) is 0 Å². The fourth-order valence-electron chi connectivity index (χ4n) is 3.27. The first-order chi connectivity index (χ1) is 8.76. The van der Waals surface area contributed by atoms with E-state index in [0.29, 0.717) is 28.8 Å². The molecule has 1 aliphatic rings. The highest BCUT2D eigenvalue weighted by atomic mass is 15.1. The minimum absolute atomic E-state index is 0.400. The summed E-state index contributed by atoms with van der Waals surface area (Å²) in [4.78, 5) is 0. The molecule has 0 heterocycles. The molecule has 1 heteroatoms. The van der Waals surface area contributed by atoms with Gasteiger partial charge in [0.05, 0.1) is 0 Å². The van der Waals surface area contributed by atoms with Gasteiger partial charge in [0, 0.05) is 12.1 Å². The number of hydrogen-bond donors (Lipinski definition) is 1. The second-order valence-corrected chi connectivity index (χ2v) is 7.64. The van der Waals surface area contributed by atoms with Gasteiger partial charge in [-0.15, -0.1) is 0 Å². The third kappa shape index (κ3) is 2.72. The van der Waals surface area contributed by atoms with Gasteiger partial charge in [-0.2, -0.15) is 0 Å². The molecule has 1 aromatic rings. The van der Waals surface area contributed by atoms with Crippen molar-refractivity contribution < 1.29 is 0 Å². The van der Waals surface area contributed by atoms with Crippen molar-refractivity contribution >= 4 is 0 Å². The molecule has 2 rings (SSSR count). The molecule has 0 saturated heterocycles. The Kier molecular flexibility index (Phi) is 3.79. The second-order valence-electron chi connectivity index (χ2n) is 7.64. The van der Waals surface area contributed by atoms with Gasteiger partial charge in [-0.3, -0.25) is 0 Å². The molecule has 19 heavy (non-hydrogen) atoms. The fraction of sp³-hybridized carbons (Fsp3) is 0.667. The summed E-state index contributed by atoms with van der Waals surface area (Å²) in [6.45, 7) is 14.1. The van der Waals surface area contributed by atoms with E-state index in [1.54, 1.807) is 0 Å². The van der Waals surface area contributed by atoms with Crippen LogP contribution in [0.4, 0.5) is 0 Å². The summed E-state index contributed by atoms with van der Waals surface area (Å²) >= 11 is 0. The van der Waals surface area contributed by atoms with Crippen LogP contribution in [0.3, 0.4) is 0 Å². The van der Waals surface area contributed by atoms with Crippen LogP contribution in [0.2, 0.25) is 0 Å². The first-order valence-corrected chi connectivity index (χ1v) is 7.58. The van der Waals surface area contributed by atoms with Crippen LogP contribution in [0.5, 0.6) is 0 Å². The summed E-state index contributed by atoms with van der Waals surface area (Å²) in [6.07, 6.45) is 1.20. The molecule has 1 saturated carbocycles. The van der Waals surface area contributed by atoms with Crippen LogP contribution in [0.1, 0.15) is 59.6 Å². The third-order valence-electron chi connectivity index (χ3n) is 5.30. The normalized spacial score (nSPS) is 22.5. The Hall–Kier alpha value is -0.820. The second kappa shape index (κ2) is 4.94. The maximum absolute atomic E-state index is 3.92. The van der Waals surface area contributed by atoms with Gasteiger partial charge in [0.2, 0.25) is 0 Å². The van der Waals surface area contributed by atoms with E-state index in [-0.39, 0.29) is 0 Å². The summed E-state index contributed by atoms with van der Waals surface area (Å²) in [6, 6.07) is 12.0. The molecule has 0 amide bonds. The van der Waals surface area contributed by atoms with Crippen molar-refractivity contribution in [3.05, 3.63) is 35.9 Å². The van der Waals surface area contributed by atoms with Crippen molar-refractivity contribution in [1.29, 1.82) is 0 Å². The lowest BCUT2D eigenvalue weighted by Gasteiger charge is -2.22. The Morgan fingerprint density at radius 1 is 1.00 bits per heavy atom. The smallest absolute Gasteiger partial charge is 0.0325 e. The largest absolute Gasteiger partial charge is 0.306 e. The highest BCUT2D eigenvalue weighted by molar-refractivity contribution is 5.23.